The Balaban J connectivity index is 2.06. The fraction of sp³-hybridized carbons (Fsp3) is 0.250. The second-order valence-electron chi connectivity index (χ2n) is 4.38. The number of rotatable bonds is 5. The van der Waals surface area contributed by atoms with Crippen LogP contribution >= 0.6 is 11.6 Å². The quantitative estimate of drug-likeness (QED) is 0.861. The Morgan fingerprint density at radius 3 is 2.57 bits per heavy atom. The maximum atomic E-state index is 12.8. The lowest BCUT2D eigenvalue weighted by molar-refractivity contribution is 0.182. The molecule has 1 aromatic carbocycles. The standard InChI is InChI=1S/C12H13ClFN3O3S/c1-17-7-11(16-12(17)13)21(19,20)15-6-10(18)8-2-4-9(14)5-3-8/h2-5,7,10,15,18H,6H2,1H3. The molecule has 0 radical (unpaired) electrons. The van der Waals surface area contributed by atoms with Crippen LogP contribution in [-0.4, -0.2) is 29.6 Å². The van der Waals surface area contributed by atoms with E-state index in [9.17, 15) is 17.9 Å². The third-order valence-electron chi connectivity index (χ3n) is 2.79. The molecule has 2 rings (SSSR count). The molecule has 21 heavy (non-hydrogen) atoms. The Kier molecular flexibility index (Phi) is 4.62. The number of hydrogen-bond donors (Lipinski definition) is 2. The van der Waals surface area contributed by atoms with E-state index in [0.29, 0.717) is 5.56 Å². The number of sulfonamides is 1. The number of benzene rings is 1. The van der Waals surface area contributed by atoms with Crippen molar-refractivity contribution in [3.63, 3.8) is 0 Å². The summed E-state index contributed by atoms with van der Waals surface area (Å²) in [5, 5.41) is 9.68. The number of hydrogen-bond acceptors (Lipinski definition) is 4. The highest BCUT2D eigenvalue weighted by molar-refractivity contribution is 7.89. The third-order valence-corrected chi connectivity index (χ3v) is 4.44. The molecule has 2 N–H and O–H groups in total. The minimum Gasteiger partial charge on any atom is -0.387 e. The van der Waals surface area contributed by atoms with Crippen molar-refractivity contribution in [2.45, 2.75) is 11.1 Å². The molecule has 0 bridgehead atoms. The molecule has 0 saturated carbocycles. The van der Waals surface area contributed by atoms with E-state index in [1.54, 1.807) is 7.05 Å². The normalized spacial score (nSPS) is 13.3. The smallest absolute Gasteiger partial charge is 0.259 e. The van der Waals surface area contributed by atoms with Crippen LogP contribution in [0.2, 0.25) is 5.28 Å². The van der Waals surface area contributed by atoms with Gasteiger partial charge in [0.15, 0.2) is 5.03 Å². The molecule has 0 aliphatic carbocycles. The van der Waals surface area contributed by atoms with Gasteiger partial charge in [-0.2, -0.15) is 0 Å². The minimum absolute atomic E-state index is 0.0365. The van der Waals surface area contributed by atoms with Crippen molar-refractivity contribution in [1.82, 2.24) is 14.3 Å². The lowest BCUT2D eigenvalue weighted by atomic mass is 10.1. The molecule has 1 heterocycles. The Morgan fingerprint density at radius 1 is 1.43 bits per heavy atom. The number of imidazole rings is 1. The summed E-state index contributed by atoms with van der Waals surface area (Å²) in [4.78, 5) is 3.69. The van der Waals surface area contributed by atoms with E-state index in [4.69, 9.17) is 11.6 Å². The van der Waals surface area contributed by atoms with Gasteiger partial charge in [-0.05, 0) is 29.3 Å². The van der Waals surface area contributed by atoms with E-state index in [1.165, 1.54) is 35.0 Å². The zero-order valence-electron chi connectivity index (χ0n) is 11.0. The fourth-order valence-electron chi connectivity index (χ4n) is 1.61. The number of aliphatic hydroxyl groups excluding tert-OH is 1. The summed E-state index contributed by atoms with van der Waals surface area (Å²) in [6, 6.07) is 5.13. The minimum atomic E-state index is -3.87. The monoisotopic (exact) mass is 333 g/mol. The largest absolute Gasteiger partial charge is 0.387 e. The summed E-state index contributed by atoms with van der Waals surface area (Å²) >= 11 is 5.68. The highest BCUT2D eigenvalue weighted by Crippen LogP contribution is 2.15. The zero-order chi connectivity index (χ0) is 15.6. The predicted octanol–water partition coefficient (Wildman–Crippen LogP) is 1.22. The highest BCUT2D eigenvalue weighted by Gasteiger charge is 2.20. The van der Waals surface area contributed by atoms with Crippen LogP contribution in [-0.2, 0) is 17.1 Å². The first kappa shape index (κ1) is 15.9. The SMILES string of the molecule is Cn1cc(S(=O)(=O)NCC(O)c2ccc(F)cc2)nc1Cl. The molecule has 0 saturated heterocycles. The average molecular weight is 334 g/mol. The first-order valence-corrected chi connectivity index (χ1v) is 7.78. The van der Waals surface area contributed by atoms with Crippen LogP contribution < -0.4 is 4.72 Å². The number of aryl methyl sites for hydroxylation is 1. The van der Waals surface area contributed by atoms with E-state index in [-0.39, 0.29) is 16.9 Å². The summed E-state index contributed by atoms with van der Waals surface area (Å²) in [5.74, 6) is -0.436. The third kappa shape index (κ3) is 3.79. The molecule has 0 amide bonds. The average Bonchev–Trinajstić information content (AvgIpc) is 2.78. The number of halogens is 2. The molecular weight excluding hydrogens is 321 g/mol. The number of aliphatic hydroxyl groups is 1. The maximum absolute atomic E-state index is 12.8. The van der Waals surface area contributed by atoms with Gasteiger partial charge in [0, 0.05) is 19.8 Å². The molecule has 6 nitrogen and oxygen atoms in total. The first-order chi connectivity index (χ1) is 9.79. The molecule has 2 aromatic rings. The molecule has 1 atom stereocenters. The van der Waals surface area contributed by atoms with Crippen molar-refractivity contribution in [3.8, 4) is 0 Å². The first-order valence-electron chi connectivity index (χ1n) is 5.91. The van der Waals surface area contributed by atoms with Crippen molar-refractivity contribution in [1.29, 1.82) is 0 Å². The molecular formula is C12H13ClFN3O3S. The molecule has 0 spiro atoms. The summed E-state index contributed by atoms with van der Waals surface area (Å²) in [6.07, 6.45) is 0.161. The van der Waals surface area contributed by atoms with Gasteiger partial charge in [-0.1, -0.05) is 12.1 Å². The molecule has 9 heteroatoms. The Labute approximate surface area is 126 Å². The van der Waals surface area contributed by atoms with Gasteiger partial charge in [0.25, 0.3) is 10.0 Å². The molecule has 1 aromatic heterocycles. The van der Waals surface area contributed by atoms with Crippen LogP contribution in [0.25, 0.3) is 0 Å². The van der Waals surface area contributed by atoms with Gasteiger partial charge in [0.2, 0.25) is 5.28 Å². The van der Waals surface area contributed by atoms with E-state index in [0.717, 1.165) is 0 Å². The van der Waals surface area contributed by atoms with E-state index >= 15 is 0 Å². The van der Waals surface area contributed by atoms with Crippen LogP contribution in [0.3, 0.4) is 0 Å². The van der Waals surface area contributed by atoms with Gasteiger partial charge in [-0.15, -0.1) is 0 Å². The lowest BCUT2D eigenvalue weighted by Crippen LogP contribution is -2.28. The number of nitrogens with one attached hydrogen (secondary N) is 1. The van der Waals surface area contributed by atoms with Crippen LogP contribution in [0.1, 0.15) is 11.7 Å². The second-order valence-corrected chi connectivity index (χ2v) is 6.43. The van der Waals surface area contributed by atoms with Crippen LogP contribution in [0, 0.1) is 5.82 Å². The molecule has 114 valence electrons. The van der Waals surface area contributed by atoms with Gasteiger partial charge in [0.1, 0.15) is 5.82 Å². The Bertz CT molecular complexity index is 711. The second kappa shape index (κ2) is 6.10. The molecule has 0 aliphatic heterocycles. The Morgan fingerprint density at radius 2 is 2.05 bits per heavy atom. The summed E-state index contributed by atoms with van der Waals surface area (Å²) in [6.45, 7) is -0.262. The number of nitrogens with zero attached hydrogens (tertiary/aromatic N) is 2. The van der Waals surface area contributed by atoms with Crippen LogP contribution in [0.15, 0.2) is 35.5 Å². The van der Waals surface area contributed by atoms with Crippen molar-refractivity contribution in [2.75, 3.05) is 6.54 Å². The topological polar surface area (TPSA) is 84.2 Å². The summed E-state index contributed by atoms with van der Waals surface area (Å²) in [7, 11) is -2.32. The van der Waals surface area contributed by atoms with Gasteiger partial charge in [-0.25, -0.2) is 22.5 Å². The van der Waals surface area contributed by atoms with E-state index in [2.05, 4.69) is 9.71 Å². The van der Waals surface area contributed by atoms with Crippen molar-refractivity contribution in [2.24, 2.45) is 7.05 Å². The van der Waals surface area contributed by atoms with Crippen molar-refractivity contribution in [3.05, 3.63) is 47.1 Å². The zero-order valence-corrected chi connectivity index (χ0v) is 12.6. The molecule has 0 fully saturated rings. The lowest BCUT2D eigenvalue weighted by Gasteiger charge is -2.11. The highest BCUT2D eigenvalue weighted by atomic mass is 35.5. The van der Waals surface area contributed by atoms with Gasteiger partial charge >= 0.3 is 0 Å². The molecule has 0 aliphatic rings. The fourth-order valence-corrected chi connectivity index (χ4v) is 2.83. The summed E-state index contributed by atoms with van der Waals surface area (Å²) in [5.41, 5.74) is 0.401. The van der Waals surface area contributed by atoms with Crippen LogP contribution in [0.4, 0.5) is 4.39 Å². The van der Waals surface area contributed by atoms with Gasteiger partial charge < -0.3 is 9.67 Å². The van der Waals surface area contributed by atoms with Gasteiger partial charge in [-0.3, -0.25) is 0 Å². The summed E-state index contributed by atoms with van der Waals surface area (Å²) < 4.78 is 40.3. The van der Waals surface area contributed by atoms with E-state index in [1.807, 2.05) is 0 Å². The van der Waals surface area contributed by atoms with E-state index < -0.39 is 21.9 Å². The predicted molar refractivity (Wildman–Crippen MR) is 74.8 cm³/mol. The van der Waals surface area contributed by atoms with Crippen LogP contribution in [0.5, 0.6) is 0 Å². The maximum Gasteiger partial charge on any atom is 0.259 e. The van der Waals surface area contributed by atoms with Crippen molar-refractivity contribution >= 4 is 21.6 Å². The number of aromatic nitrogens is 2. The Hall–Kier alpha value is -1.48. The van der Waals surface area contributed by atoms with Gasteiger partial charge in [0.05, 0.1) is 6.10 Å². The molecule has 1 unspecified atom stereocenters. The van der Waals surface area contributed by atoms with Crippen molar-refractivity contribution < 1.29 is 17.9 Å².